The van der Waals surface area contributed by atoms with Crippen molar-refractivity contribution >= 4 is 33.6 Å². The van der Waals surface area contributed by atoms with Crippen molar-refractivity contribution in [2.45, 2.75) is 13.0 Å². The number of aryl methyl sites for hydroxylation is 1. The number of hydrogen-bond acceptors (Lipinski definition) is 5. The van der Waals surface area contributed by atoms with Gasteiger partial charge in [0.2, 0.25) is 0 Å². The van der Waals surface area contributed by atoms with Crippen LogP contribution >= 0.6 is 0 Å². The van der Waals surface area contributed by atoms with Gasteiger partial charge in [-0.3, -0.25) is 9.69 Å². The van der Waals surface area contributed by atoms with Gasteiger partial charge < -0.3 is 19.7 Å². The summed E-state index contributed by atoms with van der Waals surface area (Å²) in [5.74, 6) is 0.812. The number of nitrogens with zero attached hydrogens (tertiary/aromatic N) is 3. The zero-order chi connectivity index (χ0) is 22.2. The first-order chi connectivity index (χ1) is 15.6. The number of benzene rings is 2. The number of nitrogens with one attached hydrogen (secondary N) is 1. The average molecular weight is 431 g/mol. The van der Waals surface area contributed by atoms with E-state index in [1.165, 1.54) is 5.56 Å². The molecule has 5 rings (SSSR count). The second kappa shape index (κ2) is 8.16. The van der Waals surface area contributed by atoms with Crippen molar-refractivity contribution in [3.63, 3.8) is 0 Å². The molecular formula is C25H26N4O3. The number of ether oxygens (including phenoxy) is 1. The number of anilines is 1. The van der Waals surface area contributed by atoms with Gasteiger partial charge in [0.05, 0.1) is 18.1 Å². The third-order valence-electron chi connectivity index (χ3n) is 6.37. The fraction of sp³-hybridized carbons (Fsp3) is 0.280. The molecule has 0 aliphatic carbocycles. The van der Waals surface area contributed by atoms with Crippen molar-refractivity contribution in [2.75, 3.05) is 38.2 Å². The maximum Gasteiger partial charge on any atom is 0.325 e. The van der Waals surface area contributed by atoms with Crippen LogP contribution in [0, 0.1) is 6.92 Å². The van der Waals surface area contributed by atoms with E-state index in [4.69, 9.17) is 9.72 Å². The molecule has 2 aromatic carbocycles. The quantitative estimate of drug-likeness (QED) is 0.498. The van der Waals surface area contributed by atoms with E-state index in [1.807, 2.05) is 41.3 Å². The lowest BCUT2D eigenvalue weighted by atomic mass is 10.0. The molecule has 1 atom stereocenters. The molecular weight excluding hydrogens is 404 g/mol. The summed E-state index contributed by atoms with van der Waals surface area (Å²) >= 11 is 0. The first-order valence-corrected chi connectivity index (χ1v) is 10.8. The molecule has 0 spiro atoms. The normalized spacial score (nSPS) is 15.9. The van der Waals surface area contributed by atoms with E-state index in [-0.39, 0.29) is 0 Å². The van der Waals surface area contributed by atoms with Gasteiger partial charge >= 0.3 is 5.97 Å². The Hall–Kier alpha value is -3.58. The number of hydrogen-bond donors (Lipinski definition) is 2. The first kappa shape index (κ1) is 20.3. The van der Waals surface area contributed by atoms with E-state index in [0.29, 0.717) is 18.8 Å². The lowest BCUT2D eigenvalue weighted by molar-refractivity contribution is -0.143. The van der Waals surface area contributed by atoms with Crippen LogP contribution in [0.3, 0.4) is 0 Å². The second-order valence-corrected chi connectivity index (χ2v) is 8.21. The Morgan fingerprint density at radius 1 is 1.09 bits per heavy atom. The number of aliphatic carboxylic acids is 1. The van der Waals surface area contributed by atoms with Crippen LogP contribution in [0.1, 0.15) is 17.2 Å². The molecule has 1 saturated heterocycles. The van der Waals surface area contributed by atoms with Crippen molar-refractivity contribution in [3.8, 4) is 5.75 Å². The van der Waals surface area contributed by atoms with Crippen molar-refractivity contribution in [2.24, 2.45) is 0 Å². The largest absolute Gasteiger partial charge is 0.495 e. The number of para-hydroxylation sites is 2. The van der Waals surface area contributed by atoms with Crippen LogP contribution in [0.2, 0.25) is 0 Å². The number of pyridine rings is 1. The van der Waals surface area contributed by atoms with Crippen LogP contribution in [0.25, 0.3) is 21.8 Å². The molecule has 1 fully saturated rings. The van der Waals surface area contributed by atoms with Gasteiger partial charge in [0, 0.05) is 48.7 Å². The van der Waals surface area contributed by atoms with Crippen LogP contribution in [0.5, 0.6) is 5.75 Å². The van der Waals surface area contributed by atoms with Gasteiger partial charge in [-0.1, -0.05) is 30.3 Å². The topological polar surface area (TPSA) is 81.7 Å². The van der Waals surface area contributed by atoms with Crippen LogP contribution in [0.15, 0.2) is 54.7 Å². The highest BCUT2D eigenvalue weighted by Crippen LogP contribution is 2.34. The summed E-state index contributed by atoms with van der Waals surface area (Å²) in [4.78, 5) is 24.7. The number of aromatic nitrogens is 2. The summed E-state index contributed by atoms with van der Waals surface area (Å²) in [5, 5.41) is 12.2. The van der Waals surface area contributed by atoms with Gasteiger partial charge in [-0.25, -0.2) is 4.98 Å². The highest BCUT2D eigenvalue weighted by molar-refractivity contribution is 5.92. The Morgan fingerprint density at radius 3 is 2.59 bits per heavy atom. The number of piperazine rings is 1. The number of carboxylic acids is 1. The van der Waals surface area contributed by atoms with Gasteiger partial charge in [0.15, 0.2) is 0 Å². The maximum absolute atomic E-state index is 12.3. The summed E-state index contributed by atoms with van der Waals surface area (Å²) in [7, 11) is 1.62. The number of H-pyrrole nitrogens is 1. The molecule has 1 aliphatic heterocycles. The molecule has 32 heavy (non-hydrogen) atoms. The summed E-state index contributed by atoms with van der Waals surface area (Å²) < 4.78 is 5.42. The van der Waals surface area contributed by atoms with E-state index in [2.05, 4.69) is 28.9 Å². The van der Waals surface area contributed by atoms with E-state index in [9.17, 15) is 9.90 Å². The predicted molar refractivity (Wildman–Crippen MR) is 125 cm³/mol. The van der Waals surface area contributed by atoms with E-state index in [1.54, 1.807) is 13.3 Å². The number of aromatic amines is 1. The second-order valence-electron chi connectivity index (χ2n) is 8.21. The maximum atomic E-state index is 12.3. The van der Waals surface area contributed by atoms with Crippen molar-refractivity contribution in [1.29, 1.82) is 0 Å². The molecule has 4 aromatic rings. The number of rotatable bonds is 5. The Morgan fingerprint density at radius 2 is 1.84 bits per heavy atom. The summed E-state index contributed by atoms with van der Waals surface area (Å²) in [5.41, 5.74) is 3.77. The van der Waals surface area contributed by atoms with Gasteiger partial charge in [0.1, 0.15) is 17.6 Å². The average Bonchev–Trinajstić information content (AvgIpc) is 3.23. The molecule has 7 nitrogen and oxygen atoms in total. The summed E-state index contributed by atoms with van der Waals surface area (Å²) in [6, 6.07) is 15.3. The number of fused-ring (bicyclic) bond motifs is 2. The Balaban J connectivity index is 1.40. The van der Waals surface area contributed by atoms with Crippen molar-refractivity contribution < 1.29 is 14.6 Å². The minimum absolute atomic E-state index is 0.640. The SMILES string of the molecule is COc1cccc2c(C(C(=O)O)N3CCN(c4cc(C)c5ccccc5n4)CC3)c[nH]c12. The zero-order valence-electron chi connectivity index (χ0n) is 18.2. The minimum atomic E-state index is -0.846. The number of carbonyl (C=O) groups is 1. The molecule has 0 bridgehead atoms. The van der Waals surface area contributed by atoms with Gasteiger partial charge in [0.25, 0.3) is 0 Å². The summed E-state index contributed by atoms with van der Waals surface area (Å²) in [6.07, 6.45) is 1.80. The van der Waals surface area contributed by atoms with E-state index in [0.717, 1.165) is 46.3 Å². The fourth-order valence-corrected chi connectivity index (χ4v) is 4.73. The standard InChI is InChI=1S/C25H26N4O3/c1-16-14-22(27-20-8-4-3-6-17(16)20)28-10-12-29(13-11-28)24(25(30)31)19-15-26-23-18(19)7-5-9-21(23)32-2/h3-9,14-15,24,26H,10-13H2,1-2H3,(H,30,31). The fourth-order valence-electron chi connectivity index (χ4n) is 4.73. The molecule has 2 aromatic heterocycles. The minimum Gasteiger partial charge on any atom is -0.495 e. The van der Waals surface area contributed by atoms with Gasteiger partial charge in [-0.2, -0.15) is 0 Å². The summed E-state index contributed by atoms with van der Waals surface area (Å²) in [6.45, 7) is 4.83. The van der Waals surface area contributed by atoms with Crippen LogP contribution in [0.4, 0.5) is 5.82 Å². The Labute approximate surface area is 186 Å². The van der Waals surface area contributed by atoms with Crippen molar-refractivity contribution in [3.05, 3.63) is 65.9 Å². The molecule has 0 amide bonds. The number of carboxylic acid groups (broad SMARTS) is 1. The Kier molecular flexibility index (Phi) is 5.19. The first-order valence-electron chi connectivity index (χ1n) is 10.8. The third-order valence-corrected chi connectivity index (χ3v) is 6.37. The Bertz CT molecular complexity index is 1290. The van der Waals surface area contributed by atoms with E-state index >= 15 is 0 Å². The molecule has 0 saturated carbocycles. The third kappa shape index (κ3) is 3.44. The molecule has 2 N–H and O–H groups in total. The monoisotopic (exact) mass is 430 g/mol. The van der Waals surface area contributed by atoms with Gasteiger partial charge in [-0.15, -0.1) is 0 Å². The number of methoxy groups -OCH3 is 1. The molecule has 7 heteroatoms. The highest BCUT2D eigenvalue weighted by atomic mass is 16.5. The van der Waals surface area contributed by atoms with Crippen LogP contribution < -0.4 is 9.64 Å². The molecule has 0 radical (unpaired) electrons. The molecule has 1 unspecified atom stereocenters. The van der Waals surface area contributed by atoms with Gasteiger partial charge in [-0.05, 0) is 30.7 Å². The van der Waals surface area contributed by atoms with Crippen LogP contribution in [-0.4, -0.2) is 59.2 Å². The predicted octanol–water partition coefficient (Wildman–Crippen LogP) is 3.98. The molecule has 164 valence electrons. The van der Waals surface area contributed by atoms with E-state index < -0.39 is 12.0 Å². The van der Waals surface area contributed by atoms with Crippen molar-refractivity contribution in [1.82, 2.24) is 14.9 Å². The highest BCUT2D eigenvalue weighted by Gasteiger charge is 2.32. The lowest BCUT2D eigenvalue weighted by Gasteiger charge is -2.38. The smallest absolute Gasteiger partial charge is 0.325 e. The van der Waals surface area contributed by atoms with Crippen LogP contribution in [-0.2, 0) is 4.79 Å². The zero-order valence-corrected chi connectivity index (χ0v) is 18.2. The molecule has 1 aliphatic rings. The lowest BCUT2D eigenvalue weighted by Crippen LogP contribution is -2.49. The molecule has 3 heterocycles.